The van der Waals surface area contributed by atoms with Gasteiger partial charge in [0.2, 0.25) is 0 Å². The topological polar surface area (TPSA) is 44.7 Å². The summed E-state index contributed by atoms with van der Waals surface area (Å²) in [7, 11) is 3.45. The van der Waals surface area contributed by atoms with E-state index >= 15 is 0 Å². The summed E-state index contributed by atoms with van der Waals surface area (Å²) in [6.45, 7) is 15.5. The Balaban J connectivity index is 0.00000266. The van der Waals surface area contributed by atoms with E-state index in [2.05, 4.69) is 155 Å². The molecule has 0 saturated heterocycles. The minimum Gasteiger partial charge on any atom is -0.147 e. The second kappa shape index (κ2) is 15.2. The third-order valence-corrected chi connectivity index (χ3v) is 29.6. The largest absolute Gasteiger partial charge is 0.147 e. The molecular weight excluding hydrogens is 831 g/mol. The van der Waals surface area contributed by atoms with Gasteiger partial charge in [0.05, 0.1) is 0 Å². The van der Waals surface area contributed by atoms with Gasteiger partial charge in [0, 0.05) is 0 Å². The molecule has 56 heavy (non-hydrogen) atoms. The Labute approximate surface area is 346 Å². The van der Waals surface area contributed by atoms with Crippen LogP contribution in [0, 0.1) is 41.5 Å². The Hall–Kier alpha value is -3.80. The molecule has 0 N–H and O–H groups in total. The predicted octanol–water partition coefficient (Wildman–Crippen LogP) is 13.1. The third kappa shape index (κ3) is 6.75. The van der Waals surface area contributed by atoms with Gasteiger partial charge in [-0.2, -0.15) is 0 Å². The molecule has 0 fully saturated rings. The second-order valence-electron chi connectivity index (χ2n) is 16.7. The fourth-order valence-electron chi connectivity index (χ4n) is 9.60. The van der Waals surface area contributed by atoms with E-state index in [1.54, 1.807) is 14.2 Å². The van der Waals surface area contributed by atoms with E-state index in [-0.39, 0.29) is 32.1 Å². The Kier molecular flexibility index (Phi) is 11.3. The first-order valence-corrected chi connectivity index (χ1v) is 32.6. The summed E-state index contributed by atoms with van der Waals surface area (Å²) in [5.41, 5.74) is 18.3. The van der Waals surface area contributed by atoms with Crippen LogP contribution < -0.4 is 9.47 Å². The van der Waals surface area contributed by atoms with Crippen molar-refractivity contribution in [2.24, 2.45) is 0 Å². The van der Waals surface area contributed by atoms with Gasteiger partial charge in [0.1, 0.15) is 0 Å². The number of ether oxygens (including phenoxy) is 2. The molecule has 6 aromatic rings. The second-order valence-corrected chi connectivity index (χ2v) is 47.1. The Morgan fingerprint density at radius 1 is 0.536 bits per heavy atom. The standard InChI is InChI=1S/2C23H21O2.2CH3.2ClH.H2Si.Zr/c2*1-14-11-18-12-19(22-10-5-15(2)25-22)13-21(18)23(16(14)3)17-6-8-20(24-4)9-7-17;;;;;;/h2*5-13H,1-4H3;2*1H3;2*1H;1H2;. The summed E-state index contributed by atoms with van der Waals surface area (Å²) in [4.78, 5) is 0. The van der Waals surface area contributed by atoms with Gasteiger partial charge in [-0.15, -0.1) is 24.8 Å². The summed E-state index contributed by atoms with van der Waals surface area (Å²) in [5, 5.41) is 0. The van der Waals surface area contributed by atoms with Crippen molar-refractivity contribution in [1.29, 1.82) is 0 Å². The van der Waals surface area contributed by atoms with E-state index in [0.717, 1.165) is 34.5 Å². The number of methoxy groups -OCH3 is 2. The molecule has 8 rings (SSSR count). The fraction of sp³-hybridized carbons (Fsp3) is 0.250. The van der Waals surface area contributed by atoms with Gasteiger partial charge in [0.25, 0.3) is 0 Å². The molecular formula is C48H52Cl2O4SiZr. The number of hydrogen-bond donors (Lipinski definition) is 0. The number of halogens is 2. The minimum atomic E-state index is -4.26. The van der Waals surface area contributed by atoms with Crippen LogP contribution in [0.5, 0.6) is 11.5 Å². The van der Waals surface area contributed by atoms with Crippen LogP contribution in [0.25, 0.3) is 45.6 Å². The molecule has 0 spiro atoms. The van der Waals surface area contributed by atoms with Crippen molar-refractivity contribution in [2.75, 3.05) is 14.2 Å². The molecule has 0 bridgehead atoms. The van der Waals surface area contributed by atoms with Crippen molar-refractivity contribution < 1.29 is 35.7 Å². The number of furan rings is 2. The molecule has 8 heteroatoms. The van der Waals surface area contributed by atoms with Crippen molar-refractivity contribution >= 4 is 55.0 Å². The molecule has 2 atom stereocenters. The minimum absolute atomic E-state index is 0. The van der Waals surface area contributed by atoms with E-state index in [4.69, 9.17) is 18.3 Å². The molecule has 0 radical (unpaired) electrons. The van der Waals surface area contributed by atoms with Crippen molar-refractivity contribution in [3.05, 3.63) is 152 Å². The van der Waals surface area contributed by atoms with Gasteiger partial charge in [-0.1, -0.05) is 0 Å². The number of rotatable bonds is 8. The molecule has 2 aliphatic carbocycles. The first kappa shape index (κ1) is 41.8. The summed E-state index contributed by atoms with van der Waals surface area (Å²) in [6.07, 6.45) is 4.94. The summed E-state index contributed by atoms with van der Waals surface area (Å²) >= 11 is -4.26. The summed E-state index contributed by atoms with van der Waals surface area (Å²) in [5.74, 6) is 5.51. The zero-order valence-corrected chi connectivity index (χ0v) is 39.6. The Morgan fingerprint density at radius 3 is 1.20 bits per heavy atom. The third-order valence-electron chi connectivity index (χ3n) is 12.4. The number of benzene rings is 4. The predicted molar refractivity (Wildman–Crippen MR) is 239 cm³/mol. The molecule has 0 amide bonds. The van der Waals surface area contributed by atoms with Crippen LogP contribution in [0.15, 0.2) is 93.8 Å². The normalized spacial score (nSPS) is 16.0. The summed E-state index contributed by atoms with van der Waals surface area (Å²) < 4.78 is 30.1. The average molecular weight is 883 g/mol. The monoisotopic (exact) mass is 880 g/mol. The zero-order chi connectivity index (χ0) is 38.3. The molecule has 2 unspecified atom stereocenters. The van der Waals surface area contributed by atoms with Crippen LogP contribution in [0.3, 0.4) is 0 Å². The van der Waals surface area contributed by atoms with Gasteiger partial charge < -0.3 is 0 Å². The van der Waals surface area contributed by atoms with Gasteiger partial charge in [-0.25, -0.2) is 0 Å². The van der Waals surface area contributed by atoms with Crippen molar-refractivity contribution in [3.63, 3.8) is 0 Å². The van der Waals surface area contributed by atoms with Gasteiger partial charge >= 0.3 is 324 Å². The van der Waals surface area contributed by atoms with E-state index in [0.29, 0.717) is 0 Å². The number of aryl methyl sites for hydroxylation is 4. The van der Waals surface area contributed by atoms with Crippen molar-refractivity contribution in [2.45, 2.75) is 58.1 Å². The van der Waals surface area contributed by atoms with Crippen LogP contribution in [-0.2, 0) is 17.4 Å². The van der Waals surface area contributed by atoms with Crippen molar-refractivity contribution in [3.8, 4) is 33.8 Å². The van der Waals surface area contributed by atoms with Crippen molar-refractivity contribution in [1.82, 2.24) is 0 Å². The number of allylic oxidation sites excluding steroid dienone is 2. The number of fused-ring (bicyclic) bond motifs is 2. The summed E-state index contributed by atoms with van der Waals surface area (Å²) in [6, 6.07) is 30.7. The molecule has 0 aliphatic heterocycles. The molecule has 2 aliphatic rings. The molecule has 4 nitrogen and oxygen atoms in total. The zero-order valence-electron chi connectivity index (χ0n) is 34.0. The van der Waals surface area contributed by atoms with E-state index in [9.17, 15) is 0 Å². The van der Waals surface area contributed by atoms with Gasteiger partial charge in [-0.3, -0.25) is 0 Å². The fourth-order valence-corrected chi connectivity index (χ4v) is 28.0. The van der Waals surface area contributed by atoms with Crippen LogP contribution >= 0.6 is 24.8 Å². The first-order valence-electron chi connectivity index (χ1n) is 18.9. The van der Waals surface area contributed by atoms with Gasteiger partial charge in [-0.05, 0) is 0 Å². The van der Waals surface area contributed by atoms with Crippen LogP contribution in [0.1, 0.15) is 74.8 Å². The maximum Gasteiger partial charge on any atom is -0.147 e. The first-order chi connectivity index (χ1) is 25.7. The average Bonchev–Trinajstić information content (AvgIpc) is 3.95. The van der Waals surface area contributed by atoms with E-state index < -0.39 is 17.4 Å². The van der Waals surface area contributed by atoms with E-state index in [1.165, 1.54) is 77.9 Å². The smallest absolute Gasteiger partial charge is 0.147 e. The number of hydrogen-bond acceptors (Lipinski definition) is 4. The van der Waals surface area contributed by atoms with Crippen LogP contribution in [0.2, 0.25) is 9.26 Å². The molecule has 4 aromatic carbocycles. The Bertz CT molecular complexity index is 2440. The van der Waals surface area contributed by atoms with E-state index in [1.807, 2.05) is 0 Å². The van der Waals surface area contributed by atoms with Crippen LogP contribution in [-0.4, -0.2) is 21.1 Å². The van der Waals surface area contributed by atoms with Crippen LogP contribution in [0.4, 0.5) is 0 Å². The quantitative estimate of drug-likeness (QED) is 0.143. The molecule has 2 heterocycles. The SMILES string of the molecule is COc1ccc(-c2c(C)c(C)cc3c2C=C(c2ccc(C)o2)[CH]3[Zr]([CH3])([CH3])(=[SiH2])[CH]2C(c3ccc(C)o3)=Cc3c2cc(C)c(C)c3-c2ccc(OC)cc2)cc1.Cl.Cl. The Morgan fingerprint density at radius 2 is 0.893 bits per heavy atom. The molecule has 2 aromatic heterocycles. The maximum atomic E-state index is 6.59. The van der Waals surface area contributed by atoms with Gasteiger partial charge in [0.15, 0.2) is 0 Å². The molecule has 0 saturated carbocycles. The maximum absolute atomic E-state index is 6.59. The molecule has 290 valence electrons.